The number of amides is 1. The number of nitrogens with zero attached hydrogens (tertiary/aromatic N) is 2. The molecule has 0 aromatic carbocycles. The molecule has 0 radical (unpaired) electrons. The van der Waals surface area contributed by atoms with E-state index in [0.717, 1.165) is 13.1 Å². The summed E-state index contributed by atoms with van der Waals surface area (Å²) >= 11 is 0. The number of likely N-dealkylation sites (N-methyl/N-ethyl adjacent to an activating group) is 1. The highest BCUT2D eigenvalue weighted by molar-refractivity contribution is 5.80. The third-order valence-corrected chi connectivity index (χ3v) is 3.24. The quantitative estimate of drug-likeness (QED) is 0.691. The molecule has 0 bridgehead atoms. The van der Waals surface area contributed by atoms with E-state index in [-0.39, 0.29) is 11.9 Å². The molecule has 3 atom stereocenters. The van der Waals surface area contributed by atoms with Gasteiger partial charge in [0.25, 0.3) is 0 Å². The molecule has 0 aliphatic carbocycles. The van der Waals surface area contributed by atoms with Gasteiger partial charge in [0.15, 0.2) is 0 Å². The van der Waals surface area contributed by atoms with Gasteiger partial charge < -0.3 is 4.90 Å². The van der Waals surface area contributed by atoms with Gasteiger partial charge in [0, 0.05) is 27.2 Å². The summed E-state index contributed by atoms with van der Waals surface area (Å²) in [6, 6.07) is 0.0326. The van der Waals surface area contributed by atoms with Gasteiger partial charge in [0.1, 0.15) is 0 Å². The Kier molecular flexibility index (Phi) is 4.14. The van der Waals surface area contributed by atoms with Crippen molar-refractivity contribution >= 4 is 5.91 Å². The average molecular weight is 212 g/mol. The predicted octanol–water partition coefficient (Wildman–Crippen LogP) is 1.44. The topological polar surface area (TPSA) is 23.6 Å². The van der Waals surface area contributed by atoms with E-state index in [0.29, 0.717) is 11.8 Å². The first kappa shape index (κ1) is 12.5. The van der Waals surface area contributed by atoms with Crippen molar-refractivity contribution < 1.29 is 4.79 Å². The summed E-state index contributed by atoms with van der Waals surface area (Å²) in [6.45, 7) is 8.69. The van der Waals surface area contributed by atoms with Crippen LogP contribution in [0.15, 0.2) is 0 Å². The molecule has 1 fully saturated rings. The Hall–Kier alpha value is -0.570. The van der Waals surface area contributed by atoms with Crippen molar-refractivity contribution in [1.29, 1.82) is 0 Å². The number of hydrogen-bond donors (Lipinski definition) is 0. The van der Waals surface area contributed by atoms with Crippen LogP contribution in [-0.2, 0) is 4.79 Å². The van der Waals surface area contributed by atoms with Gasteiger partial charge in [-0.25, -0.2) is 0 Å². The van der Waals surface area contributed by atoms with Gasteiger partial charge in [0.2, 0.25) is 5.91 Å². The van der Waals surface area contributed by atoms with Crippen molar-refractivity contribution in [3.05, 3.63) is 0 Å². The van der Waals surface area contributed by atoms with Gasteiger partial charge >= 0.3 is 0 Å². The van der Waals surface area contributed by atoms with Crippen molar-refractivity contribution in [1.82, 2.24) is 9.80 Å². The molecule has 1 aliphatic rings. The first-order valence-corrected chi connectivity index (χ1v) is 5.87. The Balaban J connectivity index is 2.59. The highest BCUT2D eigenvalue weighted by Crippen LogP contribution is 2.22. The Bertz CT molecular complexity index is 218. The lowest BCUT2D eigenvalue weighted by molar-refractivity contribution is -0.134. The maximum absolute atomic E-state index is 11.8. The van der Waals surface area contributed by atoms with Crippen LogP contribution in [-0.4, -0.2) is 48.9 Å². The summed E-state index contributed by atoms with van der Waals surface area (Å²) in [5.74, 6) is 1.65. The second-order valence-electron chi connectivity index (χ2n) is 5.31. The Labute approximate surface area is 93.4 Å². The predicted molar refractivity (Wildman–Crippen MR) is 62.7 cm³/mol. The number of rotatable bonds is 2. The first-order valence-electron chi connectivity index (χ1n) is 5.87. The maximum atomic E-state index is 11.8. The lowest BCUT2D eigenvalue weighted by atomic mass is 9.91. The summed E-state index contributed by atoms with van der Waals surface area (Å²) in [7, 11) is 3.66. The molecule has 1 rings (SSSR count). The monoisotopic (exact) mass is 212 g/mol. The minimum absolute atomic E-state index is 0.0326. The summed E-state index contributed by atoms with van der Waals surface area (Å²) in [4.78, 5) is 15.8. The van der Waals surface area contributed by atoms with E-state index in [1.54, 1.807) is 4.90 Å². The van der Waals surface area contributed by atoms with E-state index in [9.17, 15) is 4.79 Å². The smallest absolute Gasteiger partial charge is 0.239 e. The molecule has 0 aromatic rings. The molecular formula is C12H24N2O. The second kappa shape index (κ2) is 4.97. The van der Waals surface area contributed by atoms with E-state index >= 15 is 0 Å². The van der Waals surface area contributed by atoms with Gasteiger partial charge in [-0.3, -0.25) is 9.69 Å². The standard InChI is InChI=1S/C12H24N2O/c1-9-6-10(2)8-14(7-9)11(3)12(15)13(4)5/h9-11H,6-8H2,1-5H3. The average Bonchev–Trinajstić information content (AvgIpc) is 2.13. The second-order valence-corrected chi connectivity index (χ2v) is 5.31. The molecule has 88 valence electrons. The molecule has 1 saturated heterocycles. The molecule has 0 saturated carbocycles. The maximum Gasteiger partial charge on any atom is 0.239 e. The third-order valence-electron chi connectivity index (χ3n) is 3.24. The van der Waals surface area contributed by atoms with Crippen LogP contribution in [0.2, 0.25) is 0 Å². The van der Waals surface area contributed by atoms with Gasteiger partial charge in [-0.2, -0.15) is 0 Å². The Morgan fingerprint density at radius 2 is 1.73 bits per heavy atom. The molecule has 15 heavy (non-hydrogen) atoms. The van der Waals surface area contributed by atoms with Crippen molar-refractivity contribution in [2.24, 2.45) is 11.8 Å². The fraction of sp³-hybridized carbons (Fsp3) is 0.917. The number of hydrogen-bond acceptors (Lipinski definition) is 2. The van der Waals surface area contributed by atoms with Crippen LogP contribution in [0.5, 0.6) is 0 Å². The van der Waals surface area contributed by atoms with Gasteiger partial charge in [-0.1, -0.05) is 13.8 Å². The molecule has 1 aliphatic heterocycles. The molecule has 0 aromatic heterocycles. The molecule has 1 heterocycles. The first-order chi connectivity index (χ1) is 6.91. The van der Waals surface area contributed by atoms with Crippen LogP contribution in [0, 0.1) is 11.8 Å². The molecule has 3 heteroatoms. The van der Waals surface area contributed by atoms with Crippen LogP contribution in [0.1, 0.15) is 27.2 Å². The molecule has 0 spiro atoms. The largest absolute Gasteiger partial charge is 0.347 e. The lowest BCUT2D eigenvalue weighted by Gasteiger charge is -2.38. The van der Waals surface area contributed by atoms with E-state index in [2.05, 4.69) is 18.7 Å². The fourth-order valence-corrected chi connectivity index (χ4v) is 2.56. The minimum atomic E-state index is 0.0326. The van der Waals surface area contributed by atoms with Crippen molar-refractivity contribution in [2.45, 2.75) is 33.2 Å². The zero-order valence-corrected chi connectivity index (χ0v) is 10.7. The van der Waals surface area contributed by atoms with E-state index < -0.39 is 0 Å². The van der Waals surface area contributed by atoms with Crippen molar-refractivity contribution in [3.63, 3.8) is 0 Å². The van der Waals surface area contributed by atoms with E-state index in [1.165, 1.54) is 6.42 Å². The summed E-state index contributed by atoms with van der Waals surface area (Å²) in [6.07, 6.45) is 1.29. The van der Waals surface area contributed by atoms with Crippen LogP contribution in [0.4, 0.5) is 0 Å². The van der Waals surface area contributed by atoms with Gasteiger partial charge in [-0.15, -0.1) is 0 Å². The molecule has 3 nitrogen and oxygen atoms in total. The molecule has 3 unspecified atom stereocenters. The molecule has 0 N–H and O–H groups in total. The molecule has 1 amide bonds. The SMILES string of the molecule is CC1CC(C)CN(C(C)C(=O)N(C)C)C1. The Morgan fingerprint density at radius 3 is 2.13 bits per heavy atom. The van der Waals surface area contributed by atoms with E-state index in [4.69, 9.17) is 0 Å². The van der Waals surface area contributed by atoms with Gasteiger partial charge in [-0.05, 0) is 25.2 Å². The van der Waals surface area contributed by atoms with Crippen molar-refractivity contribution in [2.75, 3.05) is 27.2 Å². The zero-order chi connectivity index (χ0) is 11.6. The highest BCUT2D eigenvalue weighted by Gasteiger charge is 2.29. The van der Waals surface area contributed by atoms with Crippen molar-refractivity contribution in [3.8, 4) is 0 Å². The lowest BCUT2D eigenvalue weighted by Crippen LogP contribution is -2.50. The van der Waals surface area contributed by atoms with Crippen LogP contribution in [0.25, 0.3) is 0 Å². The normalized spacial score (nSPS) is 29.9. The number of carbonyl (C=O) groups is 1. The van der Waals surface area contributed by atoms with E-state index in [1.807, 2.05) is 21.0 Å². The summed E-state index contributed by atoms with van der Waals surface area (Å²) in [5, 5.41) is 0. The van der Waals surface area contributed by atoms with Crippen LogP contribution in [0.3, 0.4) is 0 Å². The summed E-state index contributed by atoms with van der Waals surface area (Å²) in [5.41, 5.74) is 0. The van der Waals surface area contributed by atoms with Crippen LogP contribution >= 0.6 is 0 Å². The fourth-order valence-electron chi connectivity index (χ4n) is 2.56. The van der Waals surface area contributed by atoms with Crippen LogP contribution < -0.4 is 0 Å². The number of likely N-dealkylation sites (tertiary alicyclic amines) is 1. The minimum Gasteiger partial charge on any atom is -0.347 e. The summed E-state index contributed by atoms with van der Waals surface area (Å²) < 4.78 is 0. The number of carbonyl (C=O) groups excluding carboxylic acids is 1. The number of piperidine rings is 1. The van der Waals surface area contributed by atoms with Gasteiger partial charge in [0.05, 0.1) is 6.04 Å². The Morgan fingerprint density at radius 1 is 1.27 bits per heavy atom. The zero-order valence-electron chi connectivity index (χ0n) is 10.7. The highest BCUT2D eigenvalue weighted by atomic mass is 16.2. The molecular weight excluding hydrogens is 188 g/mol. The third kappa shape index (κ3) is 3.20.